The van der Waals surface area contributed by atoms with Gasteiger partial charge in [0, 0.05) is 25.1 Å². The zero-order valence-electron chi connectivity index (χ0n) is 14.8. The first kappa shape index (κ1) is 19.1. The van der Waals surface area contributed by atoms with Gasteiger partial charge in [0.25, 0.3) is 0 Å². The van der Waals surface area contributed by atoms with E-state index in [0.29, 0.717) is 24.8 Å². The second kappa shape index (κ2) is 8.81. The monoisotopic (exact) mass is 468 g/mol. The van der Waals surface area contributed by atoms with Gasteiger partial charge in [0.1, 0.15) is 12.1 Å². The van der Waals surface area contributed by atoms with E-state index in [0.717, 1.165) is 36.7 Å². The molecule has 3 unspecified atom stereocenters. The molecular formula is C18H25IN6O. The van der Waals surface area contributed by atoms with Crippen molar-refractivity contribution in [3.8, 4) is 5.82 Å². The molecule has 26 heavy (non-hydrogen) atoms. The highest BCUT2D eigenvalue weighted by Gasteiger charge is 2.41. The Bertz CT molecular complexity index is 718. The number of pyridine rings is 1. The van der Waals surface area contributed by atoms with Gasteiger partial charge >= 0.3 is 0 Å². The van der Waals surface area contributed by atoms with Crippen LogP contribution >= 0.6 is 24.0 Å². The van der Waals surface area contributed by atoms with Gasteiger partial charge in [-0.05, 0) is 37.8 Å². The fourth-order valence-electron chi connectivity index (χ4n) is 3.51. The van der Waals surface area contributed by atoms with Crippen LogP contribution in [0.15, 0.2) is 42.0 Å². The third-order valence-corrected chi connectivity index (χ3v) is 4.77. The number of hydrogen-bond acceptors (Lipinski definition) is 4. The minimum absolute atomic E-state index is 0. The Hall–Kier alpha value is -1.68. The molecule has 2 fully saturated rings. The summed E-state index contributed by atoms with van der Waals surface area (Å²) in [5.41, 5.74) is 1.07. The summed E-state index contributed by atoms with van der Waals surface area (Å²) < 4.78 is 7.80. The van der Waals surface area contributed by atoms with Crippen molar-refractivity contribution < 1.29 is 4.74 Å². The molecule has 2 aliphatic rings. The van der Waals surface area contributed by atoms with Crippen molar-refractivity contribution in [2.75, 3.05) is 6.54 Å². The Morgan fingerprint density at radius 3 is 2.92 bits per heavy atom. The van der Waals surface area contributed by atoms with Gasteiger partial charge in [0.05, 0.1) is 24.8 Å². The van der Waals surface area contributed by atoms with Crippen LogP contribution in [-0.4, -0.2) is 45.3 Å². The highest BCUT2D eigenvalue weighted by Crippen LogP contribution is 2.34. The lowest BCUT2D eigenvalue weighted by Gasteiger charge is -2.22. The molecule has 0 saturated carbocycles. The lowest BCUT2D eigenvalue weighted by atomic mass is 9.96. The van der Waals surface area contributed by atoms with Crippen LogP contribution in [0, 0.1) is 0 Å². The van der Waals surface area contributed by atoms with E-state index in [1.54, 1.807) is 12.5 Å². The number of nitrogens with one attached hydrogen (secondary N) is 2. The first-order chi connectivity index (χ1) is 12.3. The molecule has 3 atom stereocenters. The number of aliphatic imine (C=N–C) groups is 1. The molecule has 140 valence electrons. The van der Waals surface area contributed by atoms with E-state index < -0.39 is 0 Å². The summed E-state index contributed by atoms with van der Waals surface area (Å²) in [5, 5.41) is 6.86. The molecule has 2 aliphatic heterocycles. The number of imidazole rings is 1. The second-order valence-electron chi connectivity index (χ2n) is 6.55. The maximum Gasteiger partial charge on any atom is 0.191 e. The molecule has 0 aliphatic carbocycles. The van der Waals surface area contributed by atoms with Crippen molar-refractivity contribution >= 4 is 29.9 Å². The van der Waals surface area contributed by atoms with E-state index in [1.807, 2.05) is 23.0 Å². The van der Waals surface area contributed by atoms with Gasteiger partial charge in [0.2, 0.25) is 0 Å². The number of rotatable bonds is 5. The SMILES string of the molecule is CCNC(=NCc1ccc(-n2ccnc2)nc1)NC1CC2CCC1O2.I. The maximum absolute atomic E-state index is 5.91. The van der Waals surface area contributed by atoms with Crippen LogP contribution in [0.25, 0.3) is 5.82 Å². The van der Waals surface area contributed by atoms with Gasteiger partial charge < -0.3 is 15.4 Å². The van der Waals surface area contributed by atoms with Crippen LogP contribution in [0.5, 0.6) is 0 Å². The minimum atomic E-state index is 0. The van der Waals surface area contributed by atoms with E-state index in [9.17, 15) is 0 Å². The molecule has 0 amide bonds. The van der Waals surface area contributed by atoms with E-state index >= 15 is 0 Å². The average molecular weight is 468 g/mol. The number of halogens is 1. The summed E-state index contributed by atoms with van der Waals surface area (Å²) in [5.74, 6) is 1.71. The Morgan fingerprint density at radius 2 is 2.31 bits per heavy atom. The molecule has 8 heteroatoms. The number of ether oxygens (including phenoxy) is 1. The summed E-state index contributed by atoms with van der Waals surface area (Å²) in [6.07, 6.45) is 11.4. The molecule has 2 bridgehead atoms. The normalized spacial score (nSPS) is 24.3. The molecular weight excluding hydrogens is 443 g/mol. The number of guanidine groups is 1. The standard InChI is InChI=1S/C18H24N6O.HI/c1-2-20-18(23-15-9-14-4-5-16(15)25-14)22-11-13-3-6-17(21-10-13)24-8-7-19-12-24;/h3,6-8,10,12,14-16H,2,4-5,9,11H2,1H3,(H2,20,22,23);1H. The average Bonchev–Trinajstić information content (AvgIpc) is 3.38. The number of nitrogens with zero attached hydrogens (tertiary/aromatic N) is 4. The van der Waals surface area contributed by atoms with Gasteiger partial charge in [-0.3, -0.25) is 4.57 Å². The topological polar surface area (TPSA) is 76.4 Å². The zero-order valence-corrected chi connectivity index (χ0v) is 17.2. The van der Waals surface area contributed by atoms with Crippen molar-refractivity contribution in [1.29, 1.82) is 0 Å². The van der Waals surface area contributed by atoms with Crippen molar-refractivity contribution in [3.63, 3.8) is 0 Å². The summed E-state index contributed by atoms with van der Waals surface area (Å²) >= 11 is 0. The van der Waals surface area contributed by atoms with E-state index in [4.69, 9.17) is 9.73 Å². The van der Waals surface area contributed by atoms with Crippen LogP contribution in [0.4, 0.5) is 0 Å². The minimum Gasteiger partial charge on any atom is -0.373 e. The second-order valence-corrected chi connectivity index (χ2v) is 6.55. The Kier molecular flexibility index (Phi) is 6.47. The van der Waals surface area contributed by atoms with Crippen molar-refractivity contribution in [2.24, 2.45) is 4.99 Å². The first-order valence-corrected chi connectivity index (χ1v) is 8.95. The van der Waals surface area contributed by atoms with Crippen molar-refractivity contribution in [2.45, 2.75) is 51.0 Å². The molecule has 0 spiro atoms. The molecule has 4 rings (SSSR count). The predicted octanol–water partition coefficient (Wildman–Crippen LogP) is 2.26. The number of fused-ring (bicyclic) bond motifs is 2. The lowest BCUT2D eigenvalue weighted by molar-refractivity contribution is 0.0992. The molecule has 2 N–H and O–H groups in total. The summed E-state index contributed by atoms with van der Waals surface area (Å²) in [6.45, 7) is 3.51. The number of aromatic nitrogens is 3. The first-order valence-electron chi connectivity index (χ1n) is 8.95. The van der Waals surface area contributed by atoms with Crippen molar-refractivity contribution in [3.05, 3.63) is 42.6 Å². The van der Waals surface area contributed by atoms with Crippen LogP contribution in [0.3, 0.4) is 0 Å². The Labute approximate surface area is 170 Å². The third-order valence-electron chi connectivity index (χ3n) is 4.77. The van der Waals surface area contributed by atoms with E-state index in [-0.39, 0.29) is 24.0 Å². The zero-order chi connectivity index (χ0) is 17.1. The number of hydrogen-bond donors (Lipinski definition) is 2. The Morgan fingerprint density at radius 1 is 1.38 bits per heavy atom. The quantitative estimate of drug-likeness (QED) is 0.400. The molecule has 2 aromatic rings. The molecule has 2 saturated heterocycles. The third kappa shape index (κ3) is 4.35. The van der Waals surface area contributed by atoms with Crippen LogP contribution < -0.4 is 10.6 Å². The smallest absolute Gasteiger partial charge is 0.191 e. The highest BCUT2D eigenvalue weighted by molar-refractivity contribution is 14.0. The van der Waals surface area contributed by atoms with Crippen molar-refractivity contribution in [1.82, 2.24) is 25.2 Å². The fourth-order valence-corrected chi connectivity index (χ4v) is 3.51. The maximum atomic E-state index is 5.91. The van der Waals surface area contributed by atoms with Gasteiger partial charge in [-0.2, -0.15) is 0 Å². The molecule has 0 radical (unpaired) electrons. The van der Waals surface area contributed by atoms with Gasteiger partial charge in [0.15, 0.2) is 5.96 Å². The largest absolute Gasteiger partial charge is 0.373 e. The van der Waals surface area contributed by atoms with Crippen LogP contribution in [-0.2, 0) is 11.3 Å². The lowest BCUT2D eigenvalue weighted by Crippen LogP contribution is -2.47. The van der Waals surface area contributed by atoms with Crippen LogP contribution in [0.2, 0.25) is 0 Å². The Balaban J connectivity index is 0.00000196. The molecule has 7 nitrogen and oxygen atoms in total. The molecule has 2 aromatic heterocycles. The predicted molar refractivity (Wildman–Crippen MR) is 111 cm³/mol. The van der Waals surface area contributed by atoms with Gasteiger partial charge in [-0.1, -0.05) is 6.07 Å². The summed E-state index contributed by atoms with van der Waals surface area (Å²) in [6, 6.07) is 4.41. The van der Waals surface area contributed by atoms with Crippen LogP contribution in [0.1, 0.15) is 31.7 Å². The van der Waals surface area contributed by atoms with E-state index in [1.165, 1.54) is 6.42 Å². The van der Waals surface area contributed by atoms with Gasteiger partial charge in [-0.15, -0.1) is 24.0 Å². The summed E-state index contributed by atoms with van der Waals surface area (Å²) in [4.78, 5) is 13.2. The fraction of sp³-hybridized carbons (Fsp3) is 0.500. The molecule has 4 heterocycles. The van der Waals surface area contributed by atoms with Gasteiger partial charge in [-0.25, -0.2) is 15.0 Å². The highest BCUT2D eigenvalue weighted by atomic mass is 127. The molecule has 0 aromatic carbocycles. The van der Waals surface area contributed by atoms with E-state index in [2.05, 4.69) is 33.6 Å². The summed E-state index contributed by atoms with van der Waals surface area (Å²) in [7, 11) is 0.